The molecule has 0 spiro atoms. The molecule has 3 aliphatic heterocycles. The van der Waals surface area contributed by atoms with E-state index in [2.05, 4.69) is 46.2 Å². The minimum atomic E-state index is -0.185. The number of rotatable bonds is 5. The summed E-state index contributed by atoms with van der Waals surface area (Å²) >= 11 is 0. The van der Waals surface area contributed by atoms with Crippen LogP contribution in [-0.2, 0) is 12.5 Å². The Hall–Kier alpha value is -3.46. The van der Waals surface area contributed by atoms with Crippen molar-refractivity contribution >= 4 is 24.2 Å². The van der Waals surface area contributed by atoms with Crippen LogP contribution in [0.5, 0.6) is 5.75 Å². The number of hydrogen-bond donors (Lipinski definition) is 1. The van der Waals surface area contributed by atoms with Crippen LogP contribution in [-0.4, -0.2) is 69.3 Å². The van der Waals surface area contributed by atoms with Crippen LogP contribution in [0.2, 0.25) is 0 Å². The summed E-state index contributed by atoms with van der Waals surface area (Å²) in [4.78, 5) is 19.6. The Bertz CT molecular complexity index is 1180. The summed E-state index contributed by atoms with van der Waals surface area (Å²) in [6.07, 6.45) is 7.63. The molecule has 9 heteroatoms. The van der Waals surface area contributed by atoms with Crippen molar-refractivity contribution in [1.29, 1.82) is 0 Å². The number of aryl methyl sites for hydroxylation is 2. The number of carbonyl (C=O) groups excluding carboxylic acids is 1. The number of hydrazone groups is 1. The average molecular weight is 462 g/mol. The molecule has 4 heterocycles. The summed E-state index contributed by atoms with van der Waals surface area (Å²) in [5.41, 5.74) is 2.40. The lowest BCUT2D eigenvalue weighted by Crippen LogP contribution is -2.61. The van der Waals surface area contributed by atoms with Gasteiger partial charge in [-0.1, -0.05) is 26.8 Å². The van der Waals surface area contributed by atoms with Gasteiger partial charge < -0.3 is 10.1 Å². The first kappa shape index (κ1) is 22.3. The van der Waals surface area contributed by atoms with Crippen molar-refractivity contribution < 1.29 is 9.53 Å². The molecule has 1 saturated heterocycles. The van der Waals surface area contributed by atoms with Crippen LogP contribution in [0.25, 0.3) is 0 Å². The summed E-state index contributed by atoms with van der Waals surface area (Å²) in [6, 6.07) is 7.84. The molecule has 1 aromatic carbocycles. The van der Waals surface area contributed by atoms with Gasteiger partial charge in [-0.25, -0.2) is 0 Å². The minimum absolute atomic E-state index is 0.0713. The van der Waals surface area contributed by atoms with Gasteiger partial charge in [-0.3, -0.25) is 24.4 Å². The predicted molar refractivity (Wildman–Crippen MR) is 133 cm³/mol. The molecule has 1 N–H and O–H groups in total. The molecule has 1 amide bonds. The van der Waals surface area contributed by atoms with Crippen molar-refractivity contribution in [1.82, 2.24) is 19.7 Å². The fourth-order valence-corrected chi connectivity index (χ4v) is 4.29. The van der Waals surface area contributed by atoms with Crippen molar-refractivity contribution in [3.63, 3.8) is 0 Å². The molecule has 2 unspecified atom stereocenters. The monoisotopic (exact) mass is 461 g/mol. The summed E-state index contributed by atoms with van der Waals surface area (Å²) in [5, 5.41) is 13.9. The molecule has 9 nitrogen and oxygen atoms in total. The van der Waals surface area contributed by atoms with E-state index < -0.39 is 0 Å². The number of fused-ring (bicyclic) bond motifs is 1. The molecule has 0 aliphatic carbocycles. The number of aliphatic imine (C=N–C) groups is 1. The number of aromatic nitrogens is 2. The van der Waals surface area contributed by atoms with E-state index in [1.54, 1.807) is 10.9 Å². The molecule has 0 bridgehead atoms. The number of nitrogens with one attached hydrogen (secondary N) is 1. The molecule has 2 atom stereocenters. The Morgan fingerprint density at radius 2 is 1.94 bits per heavy atom. The number of carbonyl (C=O) groups is 1. The Morgan fingerprint density at radius 3 is 2.68 bits per heavy atom. The van der Waals surface area contributed by atoms with Crippen LogP contribution in [0.3, 0.4) is 0 Å². The third-order valence-corrected chi connectivity index (χ3v) is 6.48. The number of ether oxygens (including phenoxy) is 1. The molecule has 5 rings (SSSR count). The van der Waals surface area contributed by atoms with Gasteiger partial charge in [0.2, 0.25) is 0 Å². The fraction of sp³-hybridized carbons (Fsp3) is 0.440. The Balaban J connectivity index is 1.21. The van der Waals surface area contributed by atoms with Gasteiger partial charge in [0.25, 0.3) is 5.91 Å². The summed E-state index contributed by atoms with van der Waals surface area (Å²) in [5.74, 6) is 1.22. The van der Waals surface area contributed by atoms with Crippen LogP contribution in [0.15, 0.2) is 46.8 Å². The topological polar surface area (TPSA) is 87.3 Å². The zero-order valence-electron chi connectivity index (χ0n) is 20.3. The van der Waals surface area contributed by atoms with Crippen molar-refractivity contribution in [2.45, 2.75) is 51.3 Å². The van der Waals surface area contributed by atoms with Gasteiger partial charge in [-0.15, -0.1) is 0 Å². The van der Waals surface area contributed by atoms with E-state index in [1.165, 1.54) is 0 Å². The normalized spacial score (nSPS) is 22.1. The number of benzene rings is 1. The Labute approximate surface area is 199 Å². The van der Waals surface area contributed by atoms with Gasteiger partial charge in [0, 0.05) is 62.0 Å². The second kappa shape index (κ2) is 8.39. The summed E-state index contributed by atoms with van der Waals surface area (Å²) in [7, 11) is 1.83. The molecule has 1 aromatic heterocycles. The Kier molecular flexibility index (Phi) is 5.51. The highest BCUT2D eigenvalue weighted by Gasteiger charge is 2.41. The second-order valence-corrected chi connectivity index (χ2v) is 10.1. The summed E-state index contributed by atoms with van der Waals surface area (Å²) < 4.78 is 7.98. The molecule has 0 radical (unpaired) electrons. The Morgan fingerprint density at radius 1 is 1.15 bits per heavy atom. The molecular weight excluding hydrogens is 430 g/mol. The quantitative estimate of drug-likeness (QED) is 0.740. The van der Waals surface area contributed by atoms with Crippen LogP contribution in [0.1, 0.15) is 42.4 Å². The largest absolute Gasteiger partial charge is 0.487 e. The standard InChI is InChI=1S/C25H31N7O2/c1-16-6-7-17(24(33)28-23-11-22(25(2,3)4)29-30(23)5)10-21(16)34-18-14-31(15-18)19-13-27-32-9-8-26-12-20(19)32/h6-13,18-20H,14-15H2,1-5H3,(H,28,33). The second-order valence-electron chi connectivity index (χ2n) is 10.1. The van der Waals surface area contributed by atoms with Crippen molar-refractivity contribution in [3.05, 3.63) is 53.5 Å². The number of hydrogen-bond acceptors (Lipinski definition) is 7. The number of amides is 1. The van der Waals surface area contributed by atoms with Crippen LogP contribution >= 0.6 is 0 Å². The maximum Gasteiger partial charge on any atom is 0.256 e. The summed E-state index contributed by atoms with van der Waals surface area (Å²) in [6.45, 7) is 9.90. The van der Waals surface area contributed by atoms with E-state index in [0.717, 1.165) is 30.1 Å². The highest BCUT2D eigenvalue weighted by molar-refractivity contribution is 6.04. The van der Waals surface area contributed by atoms with E-state index in [4.69, 9.17) is 4.74 Å². The number of likely N-dealkylation sites (tertiary alicyclic amines) is 1. The van der Waals surface area contributed by atoms with E-state index >= 15 is 0 Å². The molecule has 0 saturated carbocycles. The van der Waals surface area contributed by atoms with Crippen molar-refractivity contribution in [2.75, 3.05) is 18.4 Å². The maximum absolute atomic E-state index is 13.0. The van der Waals surface area contributed by atoms with Crippen molar-refractivity contribution in [2.24, 2.45) is 17.1 Å². The lowest BCUT2D eigenvalue weighted by molar-refractivity contribution is 0.00210. The highest BCUT2D eigenvalue weighted by Crippen LogP contribution is 2.28. The van der Waals surface area contributed by atoms with E-state index in [-0.39, 0.29) is 29.5 Å². The van der Waals surface area contributed by atoms with Gasteiger partial charge in [0.15, 0.2) is 0 Å². The fourth-order valence-electron chi connectivity index (χ4n) is 4.29. The van der Waals surface area contributed by atoms with Gasteiger partial charge in [0.05, 0.1) is 11.7 Å². The van der Waals surface area contributed by atoms with Crippen LogP contribution in [0.4, 0.5) is 5.82 Å². The predicted octanol–water partition coefficient (Wildman–Crippen LogP) is 2.94. The van der Waals surface area contributed by atoms with Gasteiger partial charge in [0.1, 0.15) is 23.7 Å². The lowest BCUT2D eigenvalue weighted by Gasteiger charge is -2.43. The van der Waals surface area contributed by atoms with E-state index in [0.29, 0.717) is 11.4 Å². The van der Waals surface area contributed by atoms with E-state index in [1.807, 2.05) is 61.9 Å². The van der Waals surface area contributed by atoms with Gasteiger partial charge >= 0.3 is 0 Å². The maximum atomic E-state index is 13.0. The van der Waals surface area contributed by atoms with Crippen molar-refractivity contribution in [3.8, 4) is 5.75 Å². The smallest absolute Gasteiger partial charge is 0.256 e. The zero-order valence-corrected chi connectivity index (χ0v) is 20.3. The van der Waals surface area contributed by atoms with Crippen LogP contribution < -0.4 is 10.1 Å². The molecule has 34 heavy (non-hydrogen) atoms. The number of anilines is 1. The van der Waals surface area contributed by atoms with Crippen LogP contribution in [0, 0.1) is 6.92 Å². The first-order chi connectivity index (χ1) is 16.2. The molecular formula is C25H31N7O2. The third kappa shape index (κ3) is 4.23. The SMILES string of the molecule is Cc1ccc(C(=O)Nc2cc(C(C)(C)C)nn2C)cc1OC1CN(C2C=NN3C=CN=CC23)C1. The highest BCUT2D eigenvalue weighted by atomic mass is 16.5. The molecule has 3 aliphatic rings. The lowest BCUT2D eigenvalue weighted by atomic mass is 9.92. The molecule has 2 aromatic rings. The average Bonchev–Trinajstić information content (AvgIpc) is 3.35. The van der Waals surface area contributed by atoms with Gasteiger partial charge in [-0.05, 0) is 24.6 Å². The molecule has 1 fully saturated rings. The number of nitrogens with zero attached hydrogens (tertiary/aromatic N) is 6. The zero-order chi connectivity index (χ0) is 24.0. The first-order valence-corrected chi connectivity index (χ1v) is 11.6. The first-order valence-electron chi connectivity index (χ1n) is 11.6. The van der Waals surface area contributed by atoms with E-state index in [9.17, 15) is 4.79 Å². The minimum Gasteiger partial charge on any atom is -0.487 e. The molecule has 178 valence electrons. The third-order valence-electron chi connectivity index (χ3n) is 6.48. The van der Waals surface area contributed by atoms with Gasteiger partial charge in [-0.2, -0.15) is 10.2 Å².